The largest absolute Gasteiger partial charge is 0.376 e. The molecule has 7 heteroatoms. The van der Waals surface area contributed by atoms with Crippen LogP contribution < -0.4 is 10.2 Å². The smallest absolute Gasteiger partial charge is 0.248 e. The molecule has 0 spiro atoms. The van der Waals surface area contributed by atoms with Gasteiger partial charge in [0.25, 0.3) is 0 Å². The highest BCUT2D eigenvalue weighted by Gasteiger charge is 2.39. The van der Waals surface area contributed by atoms with Gasteiger partial charge in [-0.15, -0.1) is 0 Å². The third kappa shape index (κ3) is 3.35. The number of hydrogen-bond donors (Lipinski definition) is 1. The Hall–Kier alpha value is -3.19. The molecular weight excluding hydrogens is 380 g/mol. The van der Waals surface area contributed by atoms with Crippen molar-refractivity contribution in [1.82, 2.24) is 9.55 Å². The van der Waals surface area contributed by atoms with E-state index in [0.29, 0.717) is 18.2 Å². The molecule has 1 aromatic heterocycles. The second-order valence-corrected chi connectivity index (χ2v) is 7.99. The van der Waals surface area contributed by atoms with E-state index in [-0.39, 0.29) is 24.3 Å². The molecule has 1 fully saturated rings. The Labute approximate surface area is 174 Å². The summed E-state index contributed by atoms with van der Waals surface area (Å²) in [6.07, 6.45) is 2.05. The lowest BCUT2D eigenvalue weighted by molar-refractivity contribution is -0.126. The minimum Gasteiger partial charge on any atom is -0.376 e. The number of amides is 2. The molecule has 0 bridgehead atoms. The SMILES string of the molecule is Cc1ccc(NC(=O)C2CC(=O)N(CC3CCCO3)c3nc4ccccc4n32)cc1. The summed E-state index contributed by atoms with van der Waals surface area (Å²) in [7, 11) is 0. The molecule has 0 radical (unpaired) electrons. The van der Waals surface area contributed by atoms with Crippen LogP contribution in [-0.2, 0) is 14.3 Å². The molecule has 2 aromatic carbocycles. The topological polar surface area (TPSA) is 76.5 Å². The van der Waals surface area contributed by atoms with Crippen LogP contribution >= 0.6 is 0 Å². The van der Waals surface area contributed by atoms with E-state index in [2.05, 4.69) is 5.32 Å². The van der Waals surface area contributed by atoms with Gasteiger partial charge in [0.05, 0.1) is 30.1 Å². The summed E-state index contributed by atoms with van der Waals surface area (Å²) in [6.45, 7) is 3.19. The van der Waals surface area contributed by atoms with Gasteiger partial charge in [-0.1, -0.05) is 29.8 Å². The van der Waals surface area contributed by atoms with Gasteiger partial charge in [0.2, 0.25) is 17.8 Å². The average molecular weight is 404 g/mol. The third-order valence-electron chi connectivity index (χ3n) is 5.83. The normalized spacial score (nSPS) is 21.1. The lowest BCUT2D eigenvalue weighted by atomic mass is 10.1. The molecule has 1 N–H and O–H groups in total. The summed E-state index contributed by atoms with van der Waals surface area (Å²) in [5.41, 5.74) is 3.45. The quantitative estimate of drug-likeness (QED) is 0.723. The van der Waals surface area contributed by atoms with Crippen LogP contribution in [0.1, 0.15) is 30.9 Å². The first kappa shape index (κ1) is 18.8. The van der Waals surface area contributed by atoms with Gasteiger partial charge < -0.3 is 10.1 Å². The number of para-hydroxylation sites is 2. The van der Waals surface area contributed by atoms with Gasteiger partial charge >= 0.3 is 0 Å². The van der Waals surface area contributed by atoms with Gasteiger partial charge in [-0.05, 0) is 44.0 Å². The maximum atomic E-state index is 13.2. The van der Waals surface area contributed by atoms with Gasteiger partial charge in [0.1, 0.15) is 6.04 Å². The van der Waals surface area contributed by atoms with Crippen LogP contribution in [-0.4, -0.2) is 40.6 Å². The first-order valence-electron chi connectivity index (χ1n) is 10.4. The number of carbonyl (C=O) groups is 2. The fraction of sp³-hybridized carbons (Fsp3) is 0.348. The van der Waals surface area contributed by atoms with E-state index in [1.165, 1.54) is 0 Å². The monoisotopic (exact) mass is 404 g/mol. The molecule has 0 aliphatic carbocycles. The molecule has 2 amide bonds. The van der Waals surface area contributed by atoms with Crippen molar-refractivity contribution in [3.63, 3.8) is 0 Å². The van der Waals surface area contributed by atoms with Crippen LogP contribution in [0.3, 0.4) is 0 Å². The van der Waals surface area contributed by atoms with Gasteiger partial charge in [-0.25, -0.2) is 4.98 Å². The van der Waals surface area contributed by atoms with Gasteiger partial charge in [0.15, 0.2) is 0 Å². The number of anilines is 2. The zero-order chi connectivity index (χ0) is 20.7. The van der Waals surface area contributed by atoms with Gasteiger partial charge in [-0.3, -0.25) is 19.1 Å². The summed E-state index contributed by atoms with van der Waals surface area (Å²) in [6, 6.07) is 14.7. The molecule has 5 rings (SSSR count). The number of fused-ring (bicyclic) bond motifs is 3. The van der Waals surface area contributed by atoms with E-state index in [0.717, 1.165) is 36.0 Å². The molecular formula is C23H24N4O3. The summed E-state index contributed by atoms with van der Waals surface area (Å²) in [4.78, 5) is 32.7. The number of aryl methyl sites for hydroxylation is 1. The van der Waals surface area contributed by atoms with Crippen LogP contribution in [0.4, 0.5) is 11.6 Å². The van der Waals surface area contributed by atoms with Crippen LogP contribution in [0.5, 0.6) is 0 Å². The number of aromatic nitrogens is 2. The number of carbonyl (C=O) groups excluding carboxylic acids is 2. The highest BCUT2D eigenvalue weighted by atomic mass is 16.5. The zero-order valence-corrected chi connectivity index (χ0v) is 16.9. The Kier molecular flexibility index (Phi) is 4.75. The second kappa shape index (κ2) is 7.57. The van der Waals surface area contributed by atoms with Crippen LogP contribution in [0.15, 0.2) is 48.5 Å². The highest BCUT2D eigenvalue weighted by molar-refractivity contribution is 6.04. The Morgan fingerprint density at radius 1 is 1.20 bits per heavy atom. The molecule has 2 atom stereocenters. The van der Waals surface area contributed by atoms with Crippen molar-refractivity contribution < 1.29 is 14.3 Å². The van der Waals surface area contributed by atoms with Crippen molar-refractivity contribution in [3.05, 3.63) is 54.1 Å². The second-order valence-electron chi connectivity index (χ2n) is 7.99. The fourth-order valence-electron chi connectivity index (χ4n) is 4.26. The van der Waals surface area contributed by atoms with E-state index in [1.54, 1.807) is 4.90 Å². The van der Waals surface area contributed by atoms with E-state index in [1.807, 2.05) is 60.0 Å². The molecule has 3 heterocycles. The Morgan fingerprint density at radius 3 is 2.77 bits per heavy atom. The standard InChI is InChI=1S/C23H24N4O3/c1-15-8-10-16(11-9-15)24-22(29)20-13-21(28)26(14-17-5-4-12-30-17)23-25-18-6-2-3-7-19(18)27(20)23/h2-3,6-11,17,20H,4-5,12-14H2,1H3,(H,24,29). The van der Waals surface area contributed by atoms with Crippen molar-refractivity contribution in [2.24, 2.45) is 0 Å². The van der Waals surface area contributed by atoms with E-state index >= 15 is 0 Å². The minimum atomic E-state index is -0.651. The lowest BCUT2D eigenvalue weighted by Gasteiger charge is -2.33. The summed E-state index contributed by atoms with van der Waals surface area (Å²) < 4.78 is 7.64. The Balaban J connectivity index is 1.51. The maximum Gasteiger partial charge on any atom is 0.248 e. The maximum absolute atomic E-state index is 13.2. The minimum absolute atomic E-state index is 0.0140. The average Bonchev–Trinajstić information content (AvgIpc) is 3.39. The number of nitrogens with one attached hydrogen (secondary N) is 1. The summed E-state index contributed by atoms with van der Waals surface area (Å²) in [5, 5.41) is 2.96. The number of nitrogens with zero attached hydrogens (tertiary/aromatic N) is 3. The lowest BCUT2D eigenvalue weighted by Crippen LogP contribution is -2.46. The summed E-state index contributed by atoms with van der Waals surface area (Å²) >= 11 is 0. The Bertz CT molecular complexity index is 1100. The van der Waals surface area contributed by atoms with Crippen molar-refractivity contribution >= 4 is 34.5 Å². The van der Waals surface area contributed by atoms with Crippen LogP contribution in [0.2, 0.25) is 0 Å². The molecule has 3 aromatic rings. The molecule has 2 aliphatic rings. The van der Waals surface area contributed by atoms with Gasteiger partial charge in [-0.2, -0.15) is 0 Å². The fourth-order valence-corrected chi connectivity index (χ4v) is 4.26. The third-order valence-corrected chi connectivity index (χ3v) is 5.83. The van der Waals surface area contributed by atoms with Crippen molar-refractivity contribution in [2.45, 2.75) is 38.3 Å². The molecule has 7 nitrogen and oxygen atoms in total. The number of benzene rings is 2. The molecule has 2 aliphatic heterocycles. The van der Waals surface area contributed by atoms with E-state index in [9.17, 15) is 9.59 Å². The van der Waals surface area contributed by atoms with Crippen molar-refractivity contribution in [3.8, 4) is 0 Å². The van der Waals surface area contributed by atoms with Gasteiger partial charge in [0, 0.05) is 12.3 Å². The molecule has 2 unspecified atom stereocenters. The highest BCUT2D eigenvalue weighted by Crippen LogP contribution is 2.35. The Morgan fingerprint density at radius 2 is 2.00 bits per heavy atom. The molecule has 154 valence electrons. The van der Waals surface area contributed by atoms with Crippen molar-refractivity contribution in [2.75, 3.05) is 23.4 Å². The zero-order valence-electron chi connectivity index (χ0n) is 16.9. The number of ether oxygens (including phenoxy) is 1. The predicted octanol–water partition coefficient (Wildman–Crippen LogP) is 3.44. The molecule has 1 saturated heterocycles. The predicted molar refractivity (Wildman–Crippen MR) is 115 cm³/mol. The first-order chi connectivity index (χ1) is 14.6. The number of hydrogen-bond acceptors (Lipinski definition) is 4. The van der Waals surface area contributed by atoms with Crippen molar-refractivity contribution in [1.29, 1.82) is 0 Å². The molecule has 0 saturated carbocycles. The first-order valence-corrected chi connectivity index (χ1v) is 10.4. The summed E-state index contributed by atoms with van der Waals surface area (Å²) in [5.74, 6) is 0.206. The number of rotatable bonds is 4. The van der Waals surface area contributed by atoms with Crippen LogP contribution in [0.25, 0.3) is 11.0 Å². The van der Waals surface area contributed by atoms with E-state index in [4.69, 9.17) is 9.72 Å². The number of imidazole rings is 1. The van der Waals surface area contributed by atoms with Crippen LogP contribution in [0, 0.1) is 6.92 Å². The van der Waals surface area contributed by atoms with E-state index < -0.39 is 6.04 Å². The molecule has 30 heavy (non-hydrogen) atoms.